The minimum atomic E-state index is 0.0413. The van der Waals surface area contributed by atoms with Crippen molar-refractivity contribution in [3.63, 3.8) is 0 Å². The summed E-state index contributed by atoms with van der Waals surface area (Å²) in [6, 6.07) is 7.75. The largest absolute Gasteiger partial charge is 0.399 e. The lowest BCUT2D eigenvalue weighted by Crippen LogP contribution is -2.53. The molecule has 0 unspecified atom stereocenters. The van der Waals surface area contributed by atoms with Crippen molar-refractivity contribution in [2.45, 2.75) is 19.8 Å². The van der Waals surface area contributed by atoms with Gasteiger partial charge in [0.1, 0.15) is 0 Å². The van der Waals surface area contributed by atoms with E-state index in [0.29, 0.717) is 13.1 Å². The van der Waals surface area contributed by atoms with Crippen LogP contribution in [0.5, 0.6) is 0 Å². The Morgan fingerprint density at radius 3 is 2.30 bits per heavy atom. The molecule has 1 aromatic carbocycles. The Morgan fingerprint density at radius 1 is 1.05 bits per heavy atom. The van der Waals surface area contributed by atoms with E-state index in [0.717, 1.165) is 18.5 Å². The van der Waals surface area contributed by atoms with Gasteiger partial charge in [-0.1, -0.05) is 12.1 Å². The number of aryl methyl sites for hydroxylation is 1. The number of amides is 2. The molecule has 108 valence electrons. The van der Waals surface area contributed by atoms with Crippen LogP contribution in [0.2, 0.25) is 0 Å². The fourth-order valence-corrected chi connectivity index (χ4v) is 2.35. The summed E-state index contributed by atoms with van der Waals surface area (Å²) in [6.07, 6.45) is 1.74. The summed E-state index contributed by atoms with van der Waals surface area (Å²) in [5.74, 6) is 0.0864. The number of rotatable bonds is 5. The number of piperazine rings is 1. The first-order valence-electron chi connectivity index (χ1n) is 7.00. The highest BCUT2D eigenvalue weighted by Gasteiger charge is 2.28. The van der Waals surface area contributed by atoms with E-state index in [1.54, 1.807) is 9.80 Å². The van der Waals surface area contributed by atoms with Crippen LogP contribution in [0.3, 0.4) is 0 Å². The number of nitrogens with two attached hydrogens (primary N) is 1. The molecule has 0 bridgehead atoms. The van der Waals surface area contributed by atoms with Gasteiger partial charge >= 0.3 is 0 Å². The SMILES string of the molecule is CCN1CC(=O)N(CCCc2ccc(N)cc2)CC1=O. The van der Waals surface area contributed by atoms with Crippen molar-refractivity contribution in [3.8, 4) is 0 Å². The lowest BCUT2D eigenvalue weighted by molar-refractivity contribution is -0.149. The molecule has 1 fully saturated rings. The average Bonchev–Trinajstić information content (AvgIpc) is 2.44. The van der Waals surface area contributed by atoms with Crippen LogP contribution in [-0.4, -0.2) is 47.8 Å². The minimum Gasteiger partial charge on any atom is -0.399 e. The standard InChI is InChI=1S/C15H21N3O2/c1-2-17-10-15(20)18(11-14(17)19)9-3-4-12-5-7-13(16)8-6-12/h5-8H,2-4,9-11,16H2,1H3. The lowest BCUT2D eigenvalue weighted by Gasteiger charge is -2.33. The van der Waals surface area contributed by atoms with Gasteiger partial charge in [-0.3, -0.25) is 9.59 Å². The summed E-state index contributed by atoms with van der Waals surface area (Å²) < 4.78 is 0. The molecular weight excluding hydrogens is 254 g/mol. The highest BCUT2D eigenvalue weighted by molar-refractivity contribution is 5.92. The van der Waals surface area contributed by atoms with Gasteiger partial charge in [-0.2, -0.15) is 0 Å². The number of benzene rings is 1. The molecule has 0 spiro atoms. The summed E-state index contributed by atoms with van der Waals surface area (Å²) in [7, 11) is 0. The van der Waals surface area contributed by atoms with Gasteiger partial charge in [0.2, 0.25) is 11.8 Å². The third-order valence-electron chi connectivity index (χ3n) is 3.61. The van der Waals surface area contributed by atoms with Crippen LogP contribution in [0.15, 0.2) is 24.3 Å². The Morgan fingerprint density at radius 2 is 1.65 bits per heavy atom. The molecule has 0 saturated carbocycles. The average molecular weight is 275 g/mol. The number of hydrogen-bond acceptors (Lipinski definition) is 3. The van der Waals surface area contributed by atoms with E-state index in [4.69, 9.17) is 5.73 Å². The van der Waals surface area contributed by atoms with E-state index in [1.165, 1.54) is 5.56 Å². The molecule has 1 aliphatic heterocycles. The van der Waals surface area contributed by atoms with Gasteiger partial charge in [-0.25, -0.2) is 0 Å². The Labute approximate surface area is 119 Å². The molecule has 2 rings (SSSR count). The van der Waals surface area contributed by atoms with E-state index in [1.807, 2.05) is 31.2 Å². The highest BCUT2D eigenvalue weighted by Crippen LogP contribution is 2.10. The molecule has 5 nitrogen and oxygen atoms in total. The van der Waals surface area contributed by atoms with Crippen LogP contribution in [0.1, 0.15) is 18.9 Å². The first-order valence-corrected chi connectivity index (χ1v) is 7.00. The summed E-state index contributed by atoms with van der Waals surface area (Å²) in [5, 5.41) is 0. The van der Waals surface area contributed by atoms with E-state index in [-0.39, 0.29) is 24.9 Å². The van der Waals surface area contributed by atoms with Gasteiger partial charge in [0, 0.05) is 18.8 Å². The molecule has 2 amide bonds. The summed E-state index contributed by atoms with van der Waals surface area (Å²) in [5.41, 5.74) is 7.59. The monoisotopic (exact) mass is 275 g/mol. The zero-order valence-corrected chi connectivity index (χ0v) is 11.8. The molecule has 20 heavy (non-hydrogen) atoms. The molecule has 0 atom stereocenters. The maximum Gasteiger partial charge on any atom is 0.242 e. The first kappa shape index (κ1) is 14.4. The maximum absolute atomic E-state index is 11.9. The van der Waals surface area contributed by atoms with Crippen molar-refractivity contribution >= 4 is 17.5 Å². The second-order valence-corrected chi connectivity index (χ2v) is 5.07. The minimum absolute atomic E-state index is 0.0413. The molecule has 2 N–H and O–H groups in total. The number of nitrogens with zero attached hydrogens (tertiary/aromatic N) is 2. The Balaban J connectivity index is 1.81. The molecule has 0 radical (unpaired) electrons. The Bertz CT molecular complexity index is 484. The summed E-state index contributed by atoms with van der Waals surface area (Å²) in [4.78, 5) is 26.9. The smallest absolute Gasteiger partial charge is 0.242 e. The van der Waals surface area contributed by atoms with E-state index in [2.05, 4.69) is 0 Å². The molecule has 1 saturated heterocycles. The second-order valence-electron chi connectivity index (χ2n) is 5.07. The number of likely N-dealkylation sites (N-methyl/N-ethyl adjacent to an activating group) is 1. The zero-order valence-electron chi connectivity index (χ0n) is 11.8. The summed E-state index contributed by atoms with van der Waals surface area (Å²) >= 11 is 0. The highest BCUT2D eigenvalue weighted by atomic mass is 16.2. The van der Waals surface area contributed by atoms with Crippen LogP contribution in [0.25, 0.3) is 0 Å². The predicted molar refractivity (Wildman–Crippen MR) is 78.0 cm³/mol. The number of anilines is 1. The predicted octanol–water partition coefficient (Wildman–Crippen LogP) is 0.892. The van der Waals surface area contributed by atoms with E-state index >= 15 is 0 Å². The van der Waals surface area contributed by atoms with Gasteiger partial charge < -0.3 is 15.5 Å². The van der Waals surface area contributed by atoms with Gasteiger partial charge in [0.05, 0.1) is 13.1 Å². The second kappa shape index (κ2) is 6.41. The number of carbonyl (C=O) groups is 2. The fourth-order valence-electron chi connectivity index (χ4n) is 2.35. The topological polar surface area (TPSA) is 66.6 Å². The molecule has 1 aromatic rings. The normalized spacial score (nSPS) is 15.8. The van der Waals surface area contributed by atoms with E-state index < -0.39 is 0 Å². The number of carbonyl (C=O) groups excluding carboxylic acids is 2. The van der Waals surface area contributed by atoms with Crippen LogP contribution in [0.4, 0.5) is 5.69 Å². The Kier molecular flexibility index (Phi) is 4.61. The van der Waals surface area contributed by atoms with Crippen molar-refractivity contribution < 1.29 is 9.59 Å². The third kappa shape index (κ3) is 3.50. The van der Waals surface area contributed by atoms with Gasteiger partial charge in [0.25, 0.3) is 0 Å². The Hall–Kier alpha value is -2.04. The third-order valence-corrected chi connectivity index (χ3v) is 3.61. The molecule has 0 aliphatic carbocycles. The van der Waals surface area contributed by atoms with Gasteiger partial charge in [-0.05, 0) is 37.5 Å². The molecule has 5 heteroatoms. The summed E-state index contributed by atoms with van der Waals surface area (Å²) in [6.45, 7) is 3.56. The molecular formula is C15H21N3O2. The van der Waals surface area contributed by atoms with Crippen molar-refractivity contribution in [2.75, 3.05) is 31.9 Å². The molecule has 1 aliphatic rings. The number of nitrogen functional groups attached to an aromatic ring is 1. The van der Waals surface area contributed by atoms with Crippen molar-refractivity contribution in [1.29, 1.82) is 0 Å². The van der Waals surface area contributed by atoms with Crippen LogP contribution >= 0.6 is 0 Å². The zero-order chi connectivity index (χ0) is 14.5. The quantitative estimate of drug-likeness (QED) is 0.812. The van der Waals surface area contributed by atoms with Crippen LogP contribution in [0, 0.1) is 0 Å². The number of hydrogen-bond donors (Lipinski definition) is 1. The van der Waals surface area contributed by atoms with E-state index in [9.17, 15) is 9.59 Å². The maximum atomic E-state index is 11.9. The first-order chi connectivity index (χ1) is 9.60. The lowest BCUT2D eigenvalue weighted by atomic mass is 10.1. The fraction of sp³-hybridized carbons (Fsp3) is 0.467. The molecule has 1 heterocycles. The van der Waals surface area contributed by atoms with Gasteiger partial charge in [-0.15, -0.1) is 0 Å². The van der Waals surface area contributed by atoms with Gasteiger partial charge in [0.15, 0.2) is 0 Å². The van der Waals surface area contributed by atoms with Crippen molar-refractivity contribution in [2.24, 2.45) is 0 Å². The van der Waals surface area contributed by atoms with Crippen molar-refractivity contribution in [3.05, 3.63) is 29.8 Å². The van der Waals surface area contributed by atoms with Crippen LogP contribution in [-0.2, 0) is 16.0 Å². The van der Waals surface area contributed by atoms with Crippen molar-refractivity contribution in [1.82, 2.24) is 9.80 Å². The van der Waals surface area contributed by atoms with Crippen LogP contribution < -0.4 is 5.73 Å². The molecule has 0 aromatic heterocycles.